The van der Waals surface area contributed by atoms with Gasteiger partial charge in [0, 0.05) is 11.1 Å². The number of hydrogen-bond acceptors (Lipinski definition) is 6. The van der Waals surface area contributed by atoms with Crippen LogP contribution in [0.4, 0.5) is 5.69 Å². The fourth-order valence-electron chi connectivity index (χ4n) is 2.23. The van der Waals surface area contributed by atoms with Crippen molar-refractivity contribution in [2.75, 3.05) is 6.79 Å². The monoisotopic (exact) mass is 361 g/mol. The summed E-state index contributed by atoms with van der Waals surface area (Å²) in [4.78, 5) is 22.4. The topological polar surface area (TPSA) is 87.9 Å². The first-order chi connectivity index (χ1) is 12.0. The number of nitrogens with zero attached hydrogens (tertiary/aromatic N) is 1. The first-order valence-corrected chi connectivity index (χ1v) is 7.58. The Morgan fingerprint density at radius 3 is 2.76 bits per heavy atom. The van der Waals surface area contributed by atoms with Gasteiger partial charge in [-0.2, -0.15) is 0 Å². The molecule has 0 amide bonds. The van der Waals surface area contributed by atoms with Gasteiger partial charge in [0.15, 0.2) is 11.5 Å². The van der Waals surface area contributed by atoms with Crippen LogP contribution >= 0.6 is 11.6 Å². The van der Waals surface area contributed by atoms with E-state index in [-0.39, 0.29) is 24.7 Å². The molecule has 0 aromatic heterocycles. The fraction of sp³-hybridized carbons (Fsp3) is 0.118. The summed E-state index contributed by atoms with van der Waals surface area (Å²) in [5, 5.41) is 11.7. The minimum Gasteiger partial charge on any atom is -0.458 e. The molecule has 0 saturated carbocycles. The van der Waals surface area contributed by atoms with Crippen molar-refractivity contribution in [3.63, 3.8) is 0 Å². The zero-order chi connectivity index (χ0) is 17.8. The maximum absolute atomic E-state index is 11.8. The van der Waals surface area contributed by atoms with Gasteiger partial charge in [-0.25, -0.2) is 4.79 Å². The molecule has 1 aliphatic rings. The van der Waals surface area contributed by atoms with Gasteiger partial charge in [-0.1, -0.05) is 23.7 Å². The highest BCUT2D eigenvalue weighted by Gasteiger charge is 2.22. The molecule has 0 N–H and O–H groups in total. The van der Waals surface area contributed by atoms with Crippen LogP contribution in [0.2, 0.25) is 5.02 Å². The van der Waals surface area contributed by atoms with E-state index in [1.807, 2.05) is 0 Å². The van der Waals surface area contributed by atoms with E-state index in [2.05, 4.69) is 0 Å². The SMILES string of the molecule is O=C(/C=C/c1cc2c(cc1[N+](=O)[O-])OCO2)OCc1cccc(Cl)c1. The summed E-state index contributed by atoms with van der Waals surface area (Å²) in [5.74, 6) is 0.0527. The van der Waals surface area contributed by atoms with Gasteiger partial charge in [-0.05, 0) is 29.8 Å². The van der Waals surface area contributed by atoms with Gasteiger partial charge in [-0.15, -0.1) is 0 Å². The Balaban J connectivity index is 1.71. The third-order valence-electron chi connectivity index (χ3n) is 3.39. The molecule has 0 fully saturated rings. The predicted molar refractivity (Wildman–Crippen MR) is 89.5 cm³/mol. The van der Waals surface area contributed by atoms with E-state index >= 15 is 0 Å². The summed E-state index contributed by atoms with van der Waals surface area (Å²) >= 11 is 5.85. The van der Waals surface area contributed by atoms with Crippen LogP contribution < -0.4 is 9.47 Å². The molecular formula is C17H12ClNO6. The number of fused-ring (bicyclic) bond motifs is 1. The van der Waals surface area contributed by atoms with Crippen molar-refractivity contribution in [1.82, 2.24) is 0 Å². The van der Waals surface area contributed by atoms with Crippen molar-refractivity contribution in [2.24, 2.45) is 0 Å². The van der Waals surface area contributed by atoms with Crippen molar-refractivity contribution >= 4 is 29.3 Å². The second-order valence-electron chi connectivity index (χ2n) is 5.09. The van der Waals surface area contributed by atoms with E-state index in [1.165, 1.54) is 18.2 Å². The Morgan fingerprint density at radius 2 is 2.04 bits per heavy atom. The highest BCUT2D eigenvalue weighted by molar-refractivity contribution is 6.30. The fourth-order valence-corrected chi connectivity index (χ4v) is 2.44. The Morgan fingerprint density at radius 1 is 1.28 bits per heavy atom. The average molecular weight is 362 g/mol. The largest absolute Gasteiger partial charge is 0.458 e. The second-order valence-corrected chi connectivity index (χ2v) is 5.53. The van der Waals surface area contributed by atoms with Crippen molar-refractivity contribution in [3.05, 3.63) is 68.7 Å². The number of nitro groups is 1. The zero-order valence-electron chi connectivity index (χ0n) is 12.8. The van der Waals surface area contributed by atoms with Gasteiger partial charge < -0.3 is 14.2 Å². The Labute approximate surface area is 147 Å². The predicted octanol–water partition coefficient (Wildman–Crippen LogP) is 3.73. The number of carbonyl (C=O) groups excluding carboxylic acids is 1. The molecule has 1 heterocycles. The molecule has 0 bridgehead atoms. The van der Waals surface area contributed by atoms with Gasteiger partial charge in [0.1, 0.15) is 6.61 Å². The second kappa shape index (κ2) is 7.23. The summed E-state index contributed by atoms with van der Waals surface area (Å²) in [6.07, 6.45) is 2.43. The van der Waals surface area contributed by atoms with Crippen LogP contribution in [0.15, 0.2) is 42.5 Å². The summed E-state index contributed by atoms with van der Waals surface area (Å²) in [6, 6.07) is 9.62. The molecule has 0 spiro atoms. The number of carbonyl (C=O) groups is 1. The molecule has 2 aromatic rings. The number of nitro benzene ring substituents is 1. The smallest absolute Gasteiger partial charge is 0.331 e. The lowest BCUT2D eigenvalue weighted by atomic mass is 10.1. The first-order valence-electron chi connectivity index (χ1n) is 7.20. The lowest BCUT2D eigenvalue weighted by Crippen LogP contribution is -2.01. The molecule has 2 aromatic carbocycles. The van der Waals surface area contributed by atoms with Gasteiger partial charge in [0.25, 0.3) is 5.69 Å². The van der Waals surface area contributed by atoms with Crippen molar-refractivity contribution in [2.45, 2.75) is 6.61 Å². The highest BCUT2D eigenvalue weighted by Crippen LogP contribution is 2.38. The van der Waals surface area contributed by atoms with Crippen molar-refractivity contribution < 1.29 is 23.9 Å². The van der Waals surface area contributed by atoms with E-state index < -0.39 is 10.9 Å². The highest BCUT2D eigenvalue weighted by atomic mass is 35.5. The van der Waals surface area contributed by atoms with E-state index in [1.54, 1.807) is 24.3 Å². The summed E-state index contributed by atoms with van der Waals surface area (Å²) < 4.78 is 15.4. The van der Waals surface area contributed by atoms with Crippen LogP contribution in [0.25, 0.3) is 6.08 Å². The van der Waals surface area contributed by atoms with Crippen LogP contribution in [-0.4, -0.2) is 17.7 Å². The minimum absolute atomic E-state index is 0.00132. The van der Waals surface area contributed by atoms with Gasteiger partial charge in [0.2, 0.25) is 6.79 Å². The Kier molecular flexibility index (Phi) is 4.85. The van der Waals surface area contributed by atoms with Gasteiger partial charge >= 0.3 is 5.97 Å². The lowest BCUT2D eigenvalue weighted by molar-refractivity contribution is -0.385. The average Bonchev–Trinajstić information content (AvgIpc) is 3.04. The molecule has 128 valence electrons. The van der Waals surface area contributed by atoms with Crippen LogP contribution in [0.3, 0.4) is 0 Å². The Bertz CT molecular complexity index is 864. The van der Waals surface area contributed by atoms with Crippen LogP contribution in [0.1, 0.15) is 11.1 Å². The minimum atomic E-state index is -0.632. The van der Waals surface area contributed by atoms with E-state index in [4.69, 9.17) is 25.8 Å². The third kappa shape index (κ3) is 4.07. The number of rotatable bonds is 5. The summed E-state index contributed by atoms with van der Waals surface area (Å²) in [7, 11) is 0. The van der Waals surface area contributed by atoms with E-state index in [9.17, 15) is 14.9 Å². The number of esters is 1. The number of benzene rings is 2. The molecule has 0 unspecified atom stereocenters. The van der Waals surface area contributed by atoms with Crippen LogP contribution in [-0.2, 0) is 16.1 Å². The molecule has 8 heteroatoms. The number of ether oxygens (including phenoxy) is 3. The normalized spacial score (nSPS) is 12.4. The zero-order valence-corrected chi connectivity index (χ0v) is 13.6. The maximum atomic E-state index is 11.8. The molecule has 0 aliphatic carbocycles. The van der Waals surface area contributed by atoms with Crippen molar-refractivity contribution in [1.29, 1.82) is 0 Å². The molecule has 0 atom stereocenters. The van der Waals surface area contributed by atoms with Crippen molar-refractivity contribution in [3.8, 4) is 11.5 Å². The van der Waals surface area contributed by atoms with Gasteiger partial charge in [0.05, 0.1) is 16.6 Å². The maximum Gasteiger partial charge on any atom is 0.331 e. The van der Waals surface area contributed by atoms with E-state index in [0.29, 0.717) is 16.5 Å². The molecule has 3 rings (SSSR count). The standard InChI is InChI=1S/C17H12ClNO6/c18-13-3-1-2-11(6-13)9-23-17(20)5-4-12-7-15-16(25-10-24-15)8-14(12)19(21)22/h1-8H,9-10H2/b5-4+. The van der Waals surface area contributed by atoms with E-state index in [0.717, 1.165) is 11.6 Å². The quantitative estimate of drug-likeness (QED) is 0.349. The molecule has 1 aliphatic heterocycles. The summed E-state index contributed by atoms with van der Waals surface area (Å²) in [6.45, 7) is 0.0499. The number of halogens is 1. The molecule has 7 nitrogen and oxygen atoms in total. The van der Waals surface area contributed by atoms with Crippen LogP contribution in [0.5, 0.6) is 11.5 Å². The molecular weight excluding hydrogens is 350 g/mol. The first kappa shape index (κ1) is 16.8. The van der Waals surface area contributed by atoms with Gasteiger partial charge in [-0.3, -0.25) is 10.1 Å². The molecule has 25 heavy (non-hydrogen) atoms. The number of hydrogen-bond donors (Lipinski definition) is 0. The van der Waals surface area contributed by atoms with Crippen LogP contribution in [0, 0.1) is 10.1 Å². The molecule has 0 saturated heterocycles. The molecule has 0 radical (unpaired) electrons. The summed E-state index contributed by atoms with van der Waals surface area (Å²) in [5.41, 5.74) is 0.764. The third-order valence-corrected chi connectivity index (χ3v) is 3.62. The Hall–Kier alpha value is -3.06. The lowest BCUT2D eigenvalue weighted by Gasteiger charge is -2.03.